The van der Waals surface area contributed by atoms with Crippen molar-refractivity contribution in [3.05, 3.63) is 125 Å². The SMILES string of the molecule is ClCCCCOc1ccc(C2c3ccc(OCc4ccccc4)cc3OCC2c2ccccc2)cc1. The maximum Gasteiger partial charge on any atom is 0.126 e. The fraction of sp³-hybridized carbons (Fsp3) is 0.250. The van der Waals surface area contributed by atoms with Crippen molar-refractivity contribution in [2.24, 2.45) is 0 Å². The van der Waals surface area contributed by atoms with Crippen molar-refractivity contribution >= 4 is 11.6 Å². The molecule has 4 heteroatoms. The van der Waals surface area contributed by atoms with Gasteiger partial charge in [0.25, 0.3) is 0 Å². The van der Waals surface area contributed by atoms with Crippen LogP contribution >= 0.6 is 11.6 Å². The Bertz CT molecular complexity index is 1230. The van der Waals surface area contributed by atoms with E-state index in [-0.39, 0.29) is 11.8 Å². The van der Waals surface area contributed by atoms with Crippen LogP contribution in [-0.4, -0.2) is 19.1 Å². The van der Waals surface area contributed by atoms with E-state index in [1.165, 1.54) is 16.7 Å². The van der Waals surface area contributed by atoms with Crippen LogP contribution < -0.4 is 14.2 Å². The summed E-state index contributed by atoms with van der Waals surface area (Å²) in [7, 11) is 0. The van der Waals surface area contributed by atoms with Crippen LogP contribution in [0.25, 0.3) is 0 Å². The van der Waals surface area contributed by atoms with E-state index in [1.807, 2.05) is 24.3 Å². The molecule has 4 aromatic carbocycles. The molecule has 2 atom stereocenters. The zero-order valence-corrected chi connectivity index (χ0v) is 21.1. The summed E-state index contributed by atoms with van der Waals surface area (Å²) in [5.41, 5.74) is 4.85. The summed E-state index contributed by atoms with van der Waals surface area (Å²) in [5, 5.41) is 0. The van der Waals surface area contributed by atoms with Gasteiger partial charge >= 0.3 is 0 Å². The molecule has 0 spiro atoms. The van der Waals surface area contributed by atoms with Crippen molar-refractivity contribution in [2.45, 2.75) is 31.3 Å². The van der Waals surface area contributed by atoms with Crippen molar-refractivity contribution in [1.29, 1.82) is 0 Å². The Labute approximate surface area is 218 Å². The van der Waals surface area contributed by atoms with E-state index in [1.54, 1.807) is 0 Å². The third-order valence-corrected chi connectivity index (χ3v) is 6.92. The molecule has 5 rings (SSSR count). The van der Waals surface area contributed by atoms with E-state index in [4.69, 9.17) is 25.8 Å². The molecule has 1 aliphatic rings. The van der Waals surface area contributed by atoms with Crippen LogP contribution in [0.15, 0.2) is 103 Å². The van der Waals surface area contributed by atoms with Crippen LogP contribution in [0.1, 0.15) is 46.9 Å². The Kier molecular flexibility index (Phi) is 8.10. The van der Waals surface area contributed by atoms with E-state index >= 15 is 0 Å². The van der Waals surface area contributed by atoms with Crippen molar-refractivity contribution in [3.8, 4) is 17.2 Å². The third-order valence-electron chi connectivity index (χ3n) is 6.65. The number of alkyl halides is 1. The van der Waals surface area contributed by atoms with Gasteiger partial charge in [-0.25, -0.2) is 0 Å². The Hall–Kier alpha value is -3.43. The lowest BCUT2D eigenvalue weighted by Gasteiger charge is -2.34. The molecule has 0 aromatic heterocycles. The highest BCUT2D eigenvalue weighted by Crippen LogP contribution is 2.47. The number of rotatable bonds is 10. The number of fused-ring (bicyclic) bond motifs is 1. The topological polar surface area (TPSA) is 27.7 Å². The molecule has 4 aromatic rings. The van der Waals surface area contributed by atoms with Gasteiger partial charge < -0.3 is 14.2 Å². The average molecular weight is 499 g/mol. The van der Waals surface area contributed by atoms with Crippen LogP contribution in [0.2, 0.25) is 0 Å². The molecule has 184 valence electrons. The molecule has 0 fully saturated rings. The first-order valence-electron chi connectivity index (χ1n) is 12.6. The number of hydrogen-bond donors (Lipinski definition) is 0. The molecule has 0 bridgehead atoms. The highest BCUT2D eigenvalue weighted by atomic mass is 35.5. The van der Waals surface area contributed by atoms with Gasteiger partial charge in [0.15, 0.2) is 0 Å². The maximum absolute atomic E-state index is 6.32. The van der Waals surface area contributed by atoms with Gasteiger partial charge in [-0.2, -0.15) is 0 Å². The van der Waals surface area contributed by atoms with Crippen molar-refractivity contribution < 1.29 is 14.2 Å². The summed E-state index contributed by atoms with van der Waals surface area (Å²) in [6.45, 7) is 1.83. The van der Waals surface area contributed by atoms with E-state index in [0.29, 0.717) is 25.7 Å². The monoisotopic (exact) mass is 498 g/mol. The minimum absolute atomic E-state index is 0.171. The van der Waals surface area contributed by atoms with E-state index < -0.39 is 0 Å². The largest absolute Gasteiger partial charge is 0.494 e. The first-order chi connectivity index (χ1) is 17.8. The Balaban J connectivity index is 1.40. The Morgan fingerprint density at radius 3 is 2.19 bits per heavy atom. The lowest BCUT2D eigenvalue weighted by atomic mass is 9.76. The molecular weight excluding hydrogens is 468 g/mol. The molecule has 1 aliphatic heterocycles. The normalized spacial score (nSPS) is 16.6. The van der Waals surface area contributed by atoms with Crippen molar-refractivity contribution in [2.75, 3.05) is 19.1 Å². The summed E-state index contributed by atoms with van der Waals surface area (Å²) in [4.78, 5) is 0. The van der Waals surface area contributed by atoms with Crippen LogP contribution in [0.5, 0.6) is 17.2 Å². The summed E-state index contributed by atoms with van der Waals surface area (Å²) >= 11 is 5.78. The Morgan fingerprint density at radius 2 is 1.44 bits per heavy atom. The van der Waals surface area contributed by atoms with Crippen LogP contribution in [0.3, 0.4) is 0 Å². The Morgan fingerprint density at radius 1 is 0.722 bits per heavy atom. The molecular formula is C32H31ClO3. The second kappa shape index (κ2) is 12.0. The van der Waals surface area contributed by atoms with Gasteiger partial charge in [0.1, 0.15) is 23.9 Å². The predicted octanol–water partition coefficient (Wildman–Crippen LogP) is 7.97. The highest BCUT2D eigenvalue weighted by molar-refractivity contribution is 6.17. The second-order valence-electron chi connectivity index (χ2n) is 9.09. The fourth-order valence-electron chi connectivity index (χ4n) is 4.78. The molecule has 2 unspecified atom stereocenters. The van der Waals surface area contributed by atoms with Crippen LogP contribution in [-0.2, 0) is 6.61 Å². The molecule has 0 radical (unpaired) electrons. The van der Waals surface area contributed by atoms with Gasteiger partial charge in [0, 0.05) is 29.3 Å². The second-order valence-corrected chi connectivity index (χ2v) is 9.47. The summed E-state index contributed by atoms with van der Waals surface area (Å²) in [6, 6.07) is 35.6. The summed E-state index contributed by atoms with van der Waals surface area (Å²) < 4.78 is 18.3. The van der Waals surface area contributed by atoms with Gasteiger partial charge in [0.05, 0.1) is 13.2 Å². The van der Waals surface area contributed by atoms with Crippen LogP contribution in [0.4, 0.5) is 0 Å². The van der Waals surface area contributed by atoms with Crippen molar-refractivity contribution in [3.63, 3.8) is 0 Å². The third kappa shape index (κ3) is 5.85. The van der Waals surface area contributed by atoms with E-state index in [2.05, 4.69) is 78.9 Å². The van der Waals surface area contributed by atoms with E-state index in [0.717, 1.165) is 35.7 Å². The highest BCUT2D eigenvalue weighted by Gasteiger charge is 2.33. The van der Waals surface area contributed by atoms with Gasteiger partial charge in [-0.3, -0.25) is 0 Å². The molecule has 1 heterocycles. The van der Waals surface area contributed by atoms with Crippen molar-refractivity contribution in [1.82, 2.24) is 0 Å². The molecule has 0 aliphatic carbocycles. The minimum atomic E-state index is 0.171. The molecule has 0 saturated carbocycles. The first kappa shape index (κ1) is 24.3. The standard InChI is InChI=1S/C32H31ClO3/c33-19-7-8-20-34-27-15-13-26(14-16-27)32-29-18-17-28(35-22-24-9-3-1-4-10-24)21-31(29)36-23-30(32)25-11-5-2-6-12-25/h1-6,9-18,21,30,32H,7-8,19-20,22-23H2. The lowest BCUT2D eigenvalue weighted by molar-refractivity contribution is 0.245. The summed E-state index contributed by atoms with van der Waals surface area (Å²) in [5.74, 6) is 3.65. The number of hydrogen-bond acceptors (Lipinski definition) is 3. The first-order valence-corrected chi connectivity index (χ1v) is 13.1. The van der Waals surface area contributed by atoms with Crippen LogP contribution in [0, 0.1) is 0 Å². The minimum Gasteiger partial charge on any atom is -0.494 e. The molecule has 3 nitrogen and oxygen atoms in total. The molecule has 36 heavy (non-hydrogen) atoms. The van der Waals surface area contributed by atoms with E-state index in [9.17, 15) is 0 Å². The number of unbranched alkanes of at least 4 members (excludes halogenated alkanes) is 1. The van der Waals surface area contributed by atoms with Gasteiger partial charge in [-0.15, -0.1) is 11.6 Å². The quantitative estimate of drug-likeness (QED) is 0.164. The zero-order valence-electron chi connectivity index (χ0n) is 20.3. The zero-order chi connectivity index (χ0) is 24.6. The average Bonchev–Trinajstić information content (AvgIpc) is 2.95. The predicted molar refractivity (Wildman–Crippen MR) is 146 cm³/mol. The molecule has 0 saturated heterocycles. The molecule has 0 amide bonds. The number of ether oxygens (including phenoxy) is 3. The fourth-order valence-corrected chi connectivity index (χ4v) is 4.97. The maximum atomic E-state index is 6.32. The van der Waals surface area contributed by atoms with Gasteiger partial charge in [-0.1, -0.05) is 78.9 Å². The number of benzene rings is 4. The smallest absolute Gasteiger partial charge is 0.126 e. The molecule has 0 N–H and O–H groups in total. The van der Waals surface area contributed by atoms with Gasteiger partial charge in [0.2, 0.25) is 0 Å². The van der Waals surface area contributed by atoms with Gasteiger partial charge in [-0.05, 0) is 47.7 Å². The lowest BCUT2D eigenvalue weighted by Crippen LogP contribution is -2.25. The number of halogens is 1. The summed E-state index contributed by atoms with van der Waals surface area (Å²) in [6.07, 6.45) is 1.93.